The highest BCUT2D eigenvalue weighted by Gasteiger charge is 2.34. The molecule has 0 aliphatic carbocycles. The summed E-state index contributed by atoms with van der Waals surface area (Å²) in [5, 5.41) is 2.85. The molecule has 7 nitrogen and oxygen atoms in total. The van der Waals surface area contributed by atoms with Crippen LogP contribution in [0.1, 0.15) is 33.0 Å². The summed E-state index contributed by atoms with van der Waals surface area (Å²) in [4.78, 5) is 45.2. The van der Waals surface area contributed by atoms with E-state index in [0.717, 1.165) is 45.1 Å². The molecule has 3 heterocycles. The van der Waals surface area contributed by atoms with Gasteiger partial charge in [-0.05, 0) is 41.7 Å². The predicted octanol–water partition coefficient (Wildman–Crippen LogP) is 6.15. The molecular formula is C36H33N5O2S. The van der Waals surface area contributed by atoms with E-state index in [4.69, 9.17) is 0 Å². The van der Waals surface area contributed by atoms with Crippen molar-refractivity contribution in [1.29, 1.82) is 0 Å². The molecule has 44 heavy (non-hydrogen) atoms. The molecule has 0 radical (unpaired) electrons. The van der Waals surface area contributed by atoms with E-state index in [0.29, 0.717) is 19.5 Å². The van der Waals surface area contributed by atoms with Crippen molar-refractivity contribution in [2.24, 2.45) is 0 Å². The van der Waals surface area contributed by atoms with E-state index < -0.39 is 6.04 Å². The van der Waals surface area contributed by atoms with Crippen molar-refractivity contribution in [2.45, 2.75) is 38.9 Å². The Kier molecular flexibility index (Phi) is 8.98. The zero-order valence-corrected chi connectivity index (χ0v) is 25.4. The van der Waals surface area contributed by atoms with Gasteiger partial charge in [0.2, 0.25) is 11.8 Å². The second-order valence-corrected chi connectivity index (χ2v) is 11.9. The zero-order chi connectivity index (χ0) is 30.3. The zero-order valence-electron chi connectivity index (χ0n) is 24.5. The van der Waals surface area contributed by atoms with Gasteiger partial charge >= 0.3 is 0 Å². The number of aryl methyl sites for hydroxylation is 1. The molecule has 6 rings (SSSR count). The molecule has 0 bridgehead atoms. The van der Waals surface area contributed by atoms with E-state index in [2.05, 4.69) is 27.1 Å². The molecule has 0 unspecified atom stereocenters. The molecule has 1 aliphatic rings. The Morgan fingerprint density at radius 3 is 2.45 bits per heavy atom. The largest absolute Gasteiger partial charge is 0.336 e. The van der Waals surface area contributed by atoms with E-state index in [-0.39, 0.29) is 18.4 Å². The van der Waals surface area contributed by atoms with E-state index in [1.807, 2.05) is 83.9 Å². The highest BCUT2D eigenvalue weighted by Crippen LogP contribution is 2.24. The molecule has 5 aromatic rings. The molecule has 1 atom stereocenters. The van der Waals surface area contributed by atoms with Crippen molar-refractivity contribution >= 4 is 29.2 Å². The highest BCUT2D eigenvalue weighted by atomic mass is 32.1. The maximum absolute atomic E-state index is 14.4. The lowest BCUT2D eigenvalue weighted by Gasteiger charge is -2.37. The van der Waals surface area contributed by atoms with Crippen LogP contribution < -0.4 is 0 Å². The van der Waals surface area contributed by atoms with Gasteiger partial charge in [0.25, 0.3) is 0 Å². The molecule has 0 N–H and O–H groups in total. The molecule has 0 spiro atoms. The second-order valence-electron chi connectivity index (χ2n) is 10.9. The molecule has 0 saturated heterocycles. The Morgan fingerprint density at radius 2 is 1.73 bits per heavy atom. The highest BCUT2D eigenvalue weighted by molar-refractivity contribution is 7.09. The quantitative estimate of drug-likeness (QED) is 0.190. The third-order valence-corrected chi connectivity index (χ3v) is 8.65. The van der Waals surface area contributed by atoms with Gasteiger partial charge in [-0.3, -0.25) is 19.6 Å². The SMILES string of the molecule is Cc1nc(/C=C/C(=O)N(Cc2ccc(-c3cnccn3)cc2)[C@@H](Cc2ccccc2)C(=O)N2CCc3ccccc3C2)cs1. The van der Waals surface area contributed by atoms with E-state index in [9.17, 15) is 9.59 Å². The fraction of sp³-hybridized carbons (Fsp3) is 0.194. The minimum Gasteiger partial charge on any atom is -0.336 e. The van der Waals surface area contributed by atoms with Gasteiger partial charge in [-0.1, -0.05) is 78.9 Å². The molecule has 8 heteroatoms. The Balaban J connectivity index is 1.34. The first-order chi connectivity index (χ1) is 21.5. The first-order valence-electron chi connectivity index (χ1n) is 14.7. The molecule has 3 aromatic carbocycles. The van der Waals surface area contributed by atoms with Crippen molar-refractivity contribution in [1.82, 2.24) is 24.8 Å². The van der Waals surface area contributed by atoms with Crippen molar-refractivity contribution < 1.29 is 9.59 Å². The first kappa shape index (κ1) is 29.1. The van der Waals surface area contributed by atoms with Gasteiger partial charge in [0.15, 0.2) is 0 Å². The van der Waals surface area contributed by atoms with Gasteiger partial charge in [0, 0.05) is 55.5 Å². The number of aromatic nitrogens is 3. The van der Waals surface area contributed by atoms with Crippen LogP contribution in [0.25, 0.3) is 17.3 Å². The van der Waals surface area contributed by atoms with Crippen LogP contribution >= 0.6 is 11.3 Å². The van der Waals surface area contributed by atoms with Crippen molar-refractivity contribution in [2.75, 3.05) is 6.54 Å². The van der Waals surface area contributed by atoms with Gasteiger partial charge in [-0.2, -0.15) is 0 Å². The Hall–Kier alpha value is -4.95. The summed E-state index contributed by atoms with van der Waals surface area (Å²) in [5.74, 6) is -0.286. The third-order valence-electron chi connectivity index (χ3n) is 7.86. The summed E-state index contributed by atoms with van der Waals surface area (Å²) < 4.78 is 0. The van der Waals surface area contributed by atoms with Gasteiger partial charge in [-0.15, -0.1) is 11.3 Å². The van der Waals surface area contributed by atoms with E-state index >= 15 is 0 Å². The van der Waals surface area contributed by atoms with Crippen LogP contribution in [0.4, 0.5) is 0 Å². The summed E-state index contributed by atoms with van der Waals surface area (Å²) in [6, 6.07) is 25.4. The normalized spacial score (nSPS) is 13.4. The summed E-state index contributed by atoms with van der Waals surface area (Å²) in [6.07, 6.45) is 9.51. The smallest absolute Gasteiger partial charge is 0.247 e. The fourth-order valence-electron chi connectivity index (χ4n) is 5.54. The molecule has 2 amide bonds. The van der Waals surface area contributed by atoms with Gasteiger partial charge in [0.05, 0.1) is 22.6 Å². The molecule has 1 aliphatic heterocycles. The monoisotopic (exact) mass is 599 g/mol. The van der Waals surface area contributed by atoms with E-state index in [1.165, 1.54) is 16.9 Å². The fourth-order valence-corrected chi connectivity index (χ4v) is 6.12. The Morgan fingerprint density at radius 1 is 0.955 bits per heavy atom. The van der Waals surface area contributed by atoms with Crippen molar-refractivity contribution in [3.8, 4) is 11.3 Å². The van der Waals surface area contributed by atoms with Crippen LogP contribution in [0.2, 0.25) is 0 Å². The third kappa shape index (κ3) is 6.98. The minimum absolute atomic E-state index is 0.0502. The van der Waals surface area contributed by atoms with Crippen LogP contribution in [0.5, 0.6) is 0 Å². The number of thiazole rings is 1. The number of nitrogens with zero attached hydrogens (tertiary/aromatic N) is 5. The molecule has 0 fully saturated rings. The van der Waals surface area contributed by atoms with Crippen LogP contribution in [-0.2, 0) is 35.5 Å². The summed E-state index contributed by atoms with van der Waals surface area (Å²) in [6.45, 7) is 3.35. The molecule has 220 valence electrons. The van der Waals surface area contributed by atoms with Crippen molar-refractivity contribution in [3.05, 3.63) is 142 Å². The molecular weight excluding hydrogens is 566 g/mol. The summed E-state index contributed by atoms with van der Waals surface area (Å²) in [7, 11) is 0. The van der Waals surface area contributed by atoms with Crippen molar-refractivity contribution in [3.63, 3.8) is 0 Å². The van der Waals surface area contributed by atoms with Gasteiger partial charge < -0.3 is 9.80 Å². The molecule has 0 saturated carbocycles. The van der Waals surface area contributed by atoms with Crippen LogP contribution in [0.15, 0.2) is 109 Å². The number of rotatable bonds is 9. The van der Waals surface area contributed by atoms with Crippen LogP contribution in [0.3, 0.4) is 0 Å². The van der Waals surface area contributed by atoms with Crippen LogP contribution in [-0.4, -0.2) is 49.2 Å². The summed E-state index contributed by atoms with van der Waals surface area (Å²) >= 11 is 1.54. The van der Waals surface area contributed by atoms with Gasteiger partial charge in [0.1, 0.15) is 6.04 Å². The Labute approximate surface area is 261 Å². The lowest BCUT2D eigenvalue weighted by Crippen LogP contribution is -2.52. The average molecular weight is 600 g/mol. The lowest BCUT2D eigenvalue weighted by molar-refractivity contribution is -0.144. The van der Waals surface area contributed by atoms with E-state index in [1.54, 1.807) is 35.6 Å². The number of hydrogen-bond acceptors (Lipinski definition) is 6. The minimum atomic E-state index is -0.698. The number of fused-ring (bicyclic) bond motifs is 1. The Bertz CT molecular complexity index is 1750. The number of hydrogen-bond donors (Lipinski definition) is 0. The molecule has 2 aromatic heterocycles. The number of carbonyl (C=O) groups is 2. The topological polar surface area (TPSA) is 79.3 Å². The number of benzene rings is 3. The number of carbonyl (C=O) groups excluding carboxylic acids is 2. The maximum Gasteiger partial charge on any atom is 0.247 e. The first-order valence-corrected chi connectivity index (χ1v) is 15.6. The number of amides is 2. The standard InChI is InChI=1S/C36H33N5O2S/c1-26-39-32(25-44-26)15-16-35(42)41(23-28-11-13-30(14-12-28)33-22-37-18-19-38-33)34(21-27-7-3-2-4-8-27)36(43)40-20-17-29-9-5-6-10-31(29)24-40/h2-16,18-19,22,25,34H,17,20-21,23-24H2,1H3/b16-15+/t34-/m0/s1. The summed E-state index contributed by atoms with van der Waals surface area (Å²) in [5.41, 5.74) is 6.78. The van der Waals surface area contributed by atoms with Crippen LogP contribution in [0, 0.1) is 6.92 Å². The maximum atomic E-state index is 14.4. The predicted molar refractivity (Wildman–Crippen MR) is 173 cm³/mol. The average Bonchev–Trinajstić information content (AvgIpc) is 3.50. The second kappa shape index (κ2) is 13.6. The van der Waals surface area contributed by atoms with Gasteiger partial charge in [-0.25, -0.2) is 4.98 Å². The lowest BCUT2D eigenvalue weighted by atomic mass is 9.97.